The van der Waals surface area contributed by atoms with E-state index in [0.717, 1.165) is 49.2 Å². The topological polar surface area (TPSA) is 113 Å². The van der Waals surface area contributed by atoms with Crippen molar-refractivity contribution >= 4 is 33.8 Å². The van der Waals surface area contributed by atoms with Crippen LogP contribution in [0.3, 0.4) is 0 Å². The van der Waals surface area contributed by atoms with Crippen molar-refractivity contribution in [2.75, 3.05) is 7.05 Å². The summed E-state index contributed by atoms with van der Waals surface area (Å²) in [7, 11) is 1.80. The second-order valence-corrected chi connectivity index (χ2v) is 9.88. The van der Waals surface area contributed by atoms with Gasteiger partial charge in [0.2, 0.25) is 0 Å². The van der Waals surface area contributed by atoms with E-state index in [1.165, 1.54) is 0 Å². The van der Waals surface area contributed by atoms with Crippen molar-refractivity contribution in [3.8, 4) is 0 Å². The number of allylic oxidation sites excluding steroid dienone is 1. The first kappa shape index (κ1) is 24.0. The summed E-state index contributed by atoms with van der Waals surface area (Å²) in [6, 6.07) is 1.92. The Balaban J connectivity index is 2.18. The molecule has 1 heterocycles. The van der Waals surface area contributed by atoms with Crippen LogP contribution in [0.2, 0.25) is 0 Å². The zero-order valence-electron chi connectivity index (χ0n) is 18.0. The van der Waals surface area contributed by atoms with Gasteiger partial charge in [-0.1, -0.05) is 0 Å². The largest absolute Gasteiger partial charge is 0.404 e. The molecule has 9 heteroatoms. The summed E-state index contributed by atoms with van der Waals surface area (Å²) >= 11 is 0.785. The standard InChI is InChI=1S/C21H30F2N6S/c1-20(2)8-13(9-21(3,4)28-20)29(5)19(27)30-18(26)15-7-16(22)14(6-17(15)23)12(10-24)11-25/h6-7,10-11,13,24,26-28H,8-9,25H2,1-5H3/b12-11+,24-10?,26-18?,27-19?. The SMILES string of the molecule is CN(C(=N)SC(=N)c1cc(F)c(/C(C=N)=C/N)cc1F)C1CC(C)(C)NC(C)(C)C1. The second kappa shape index (κ2) is 8.85. The fraction of sp³-hybridized carbons (Fsp3) is 0.476. The molecule has 0 atom stereocenters. The number of thioether (sulfide) groups is 1. The molecule has 0 saturated carbocycles. The summed E-state index contributed by atoms with van der Waals surface area (Å²) in [6.45, 7) is 8.47. The smallest absolute Gasteiger partial charge is 0.162 e. The van der Waals surface area contributed by atoms with Gasteiger partial charge in [-0.05, 0) is 64.4 Å². The van der Waals surface area contributed by atoms with Crippen molar-refractivity contribution in [1.29, 1.82) is 16.2 Å². The fourth-order valence-corrected chi connectivity index (χ4v) is 4.84. The zero-order valence-corrected chi connectivity index (χ0v) is 18.8. The van der Waals surface area contributed by atoms with Crippen molar-refractivity contribution < 1.29 is 8.78 Å². The number of nitrogens with one attached hydrogen (secondary N) is 4. The van der Waals surface area contributed by atoms with E-state index in [4.69, 9.17) is 22.0 Å². The molecule has 1 aromatic carbocycles. The monoisotopic (exact) mass is 436 g/mol. The maximum atomic E-state index is 14.6. The van der Waals surface area contributed by atoms with E-state index in [-0.39, 0.29) is 44.0 Å². The molecule has 1 aliphatic rings. The summed E-state index contributed by atoms with van der Waals surface area (Å²) in [5.41, 5.74) is 4.82. The molecule has 164 valence electrons. The van der Waals surface area contributed by atoms with Crippen molar-refractivity contribution in [1.82, 2.24) is 10.2 Å². The average molecular weight is 437 g/mol. The maximum absolute atomic E-state index is 14.6. The minimum absolute atomic E-state index is 0.0424. The van der Waals surface area contributed by atoms with E-state index < -0.39 is 11.6 Å². The van der Waals surface area contributed by atoms with Gasteiger partial charge in [0.25, 0.3) is 0 Å². The number of rotatable bonds is 4. The third-order valence-electron chi connectivity index (χ3n) is 5.18. The summed E-state index contributed by atoms with van der Waals surface area (Å²) in [5.74, 6) is -1.58. The molecule has 1 aliphatic heterocycles. The third kappa shape index (κ3) is 5.46. The molecule has 1 fully saturated rings. The zero-order chi connectivity index (χ0) is 22.9. The van der Waals surface area contributed by atoms with E-state index in [1.54, 1.807) is 11.9 Å². The second-order valence-electron chi connectivity index (χ2n) is 8.88. The predicted octanol–water partition coefficient (Wildman–Crippen LogP) is 4.15. The van der Waals surface area contributed by atoms with Crippen LogP contribution in [-0.4, -0.2) is 45.5 Å². The number of nitrogens with zero attached hydrogens (tertiary/aromatic N) is 1. The van der Waals surface area contributed by atoms with E-state index in [0.29, 0.717) is 0 Å². The molecule has 0 unspecified atom stereocenters. The molecule has 6 N–H and O–H groups in total. The Morgan fingerprint density at radius 1 is 1.13 bits per heavy atom. The highest BCUT2D eigenvalue weighted by Gasteiger charge is 2.39. The highest BCUT2D eigenvalue weighted by atomic mass is 32.2. The minimum atomic E-state index is -0.801. The molecule has 0 spiro atoms. The predicted molar refractivity (Wildman–Crippen MR) is 122 cm³/mol. The lowest BCUT2D eigenvalue weighted by molar-refractivity contribution is 0.114. The first-order valence-corrected chi connectivity index (χ1v) is 10.4. The van der Waals surface area contributed by atoms with Gasteiger partial charge < -0.3 is 21.4 Å². The highest BCUT2D eigenvalue weighted by Crippen LogP contribution is 2.32. The summed E-state index contributed by atoms with van der Waals surface area (Å²) in [5, 5.41) is 27.3. The van der Waals surface area contributed by atoms with Crippen LogP contribution in [0.15, 0.2) is 18.3 Å². The lowest BCUT2D eigenvalue weighted by atomic mass is 9.79. The Morgan fingerprint density at radius 2 is 1.63 bits per heavy atom. The number of hydrogen-bond acceptors (Lipinski definition) is 6. The number of nitrogens with two attached hydrogens (primary N) is 1. The van der Waals surface area contributed by atoms with Crippen molar-refractivity contribution in [2.24, 2.45) is 5.73 Å². The molecule has 1 saturated heterocycles. The van der Waals surface area contributed by atoms with Crippen LogP contribution in [0.25, 0.3) is 5.57 Å². The quantitative estimate of drug-likeness (QED) is 0.360. The Bertz CT molecular complexity index is 878. The first-order chi connectivity index (χ1) is 13.8. The van der Waals surface area contributed by atoms with Gasteiger partial charge in [0.05, 0.1) is 0 Å². The molecule has 0 aliphatic carbocycles. The summed E-state index contributed by atoms with van der Waals surface area (Å²) < 4.78 is 29.0. The maximum Gasteiger partial charge on any atom is 0.162 e. The number of piperidine rings is 1. The fourth-order valence-electron chi connectivity index (χ4n) is 4.09. The van der Waals surface area contributed by atoms with Crippen LogP contribution in [0, 0.1) is 27.9 Å². The van der Waals surface area contributed by atoms with Crippen LogP contribution in [0.5, 0.6) is 0 Å². The van der Waals surface area contributed by atoms with Gasteiger partial charge >= 0.3 is 0 Å². The highest BCUT2D eigenvalue weighted by molar-refractivity contribution is 8.26. The molecule has 0 amide bonds. The lowest BCUT2D eigenvalue weighted by Crippen LogP contribution is -2.62. The molecule has 6 nitrogen and oxygen atoms in total. The first-order valence-electron chi connectivity index (χ1n) is 9.59. The minimum Gasteiger partial charge on any atom is -0.404 e. The molecule has 0 bridgehead atoms. The van der Waals surface area contributed by atoms with E-state index in [1.807, 2.05) is 0 Å². The van der Waals surface area contributed by atoms with E-state index >= 15 is 0 Å². The molecule has 2 rings (SSSR count). The molecule has 30 heavy (non-hydrogen) atoms. The van der Waals surface area contributed by atoms with E-state index in [9.17, 15) is 8.78 Å². The number of benzene rings is 1. The van der Waals surface area contributed by atoms with Crippen LogP contribution >= 0.6 is 11.8 Å². The Hall–Kier alpha value is -2.26. The third-order valence-corrected chi connectivity index (χ3v) is 6.09. The Labute approximate surface area is 180 Å². The van der Waals surface area contributed by atoms with Gasteiger partial charge in [-0.15, -0.1) is 0 Å². The van der Waals surface area contributed by atoms with Crippen LogP contribution in [0.1, 0.15) is 51.7 Å². The summed E-state index contributed by atoms with van der Waals surface area (Å²) in [6.07, 6.45) is 3.50. The normalized spacial score (nSPS) is 18.7. The molecule has 0 radical (unpaired) electrons. The van der Waals surface area contributed by atoms with Gasteiger partial charge in [0, 0.05) is 53.3 Å². The van der Waals surface area contributed by atoms with Crippen LogP contribution in [0.4, 0.5) is 8.78 Å². The Kier molecular flexibility index (Phi) is 7.08. The average Bonchev–Trinajstić information content (AvgIpc) is 2.61. The van der Waals surface area contributed by atoms with Gasteiger partial charge in [-0.25, -0.2) is 8.78 Å². The molecular weight excluding hydrogens is 406 g/mol. The summed E-state index contributed by atoms with van der Waals surface area (Å²) in [4.78, 5) is 1.80. The van der Waals surface area contributed by atoms with Gasteiger partial charge in [-0.3, -0.25) is 10.8 Å². The van der Waals surface area contributed by atoms with Gasteiger partial charge in [0.1, 0.15) is 16.7 Å². The van der Waals surface area contributed by atoms with Gasteiger partial charge in [0.15, 0.2) is 5.17 Å². The van der Waals surface area contributed by atoms with Crippen LogP contribution < -0.4 is 11.1 Å². The van der Waals surface area contributed by atoms with Crippen molar-refractivity contribution in [3.05, 3.63) is 41.1 Å². The van der Waals surface area contributed by atoms with Crippen LogP contribution in [-0.2, 0) is 0 Å². The van der Waals surface area contributed by atoms with Gasteiger partial charge in [-0.2, -0.15) is 0 Å². The number of amidine groups is 1. The van der Waals surface area contributed by atoms with E-state index in [2.05, 4.69) is 33.0 Å². The van der Waals surface area contributed by atoms with Crippen molar-refractivity contribution in [2.45, 2.75) is 57.7 Å². The lowest BCUT2D eigenvalue weighted by Gasteiger charge is -2.49. The number of hydrogen-bond donors (Lipinski definition) is 5. The molecule has 1 aromatic rings. The molecular formula is C21H30F2N6S. The van der Waals surface area contributed by atoms with Crippen molar-refractivity contribution in [3.63, 3.8) is 0 Å². The molecule has 0 aromatic heterocycles. The number of halogens is 2. The Morgan fingerprint density at radius 3 is 2.13 bits per heavy atom.